The van der Waals surface area contributed by atoms with Gasteiger partial charge in [0.25, 0.3) is 0 Å². The van der Waals surface area contributed by atoms with Crippen LogP contribution in [-0.4, -0.2) is 25.8 Å². The molecule has 0 aliphatic heterocycles. The number of benzene rings is 1. The monoisotopic (exact) mass is 269 g/mol. The number of nitrogens with one attached hydrogen (secondary N) is 1. The number of rotatable bonds is 5. The van der Waals surface area contributed by atoms with E-state index < -0.39 is 21.5 Å². The van der Waals surface area contributed by atoms with Crippen LogP contribution in [0, 0.1) is 6.92 Å². The molecule has 0 heterocycles. The number of amides is 1. The number of carbonyl (C=O) groups is 1. The van der Waals surface area contributed by atoms with Crippen molar-refractivity contribution in [3.05, 3.63) is 35.4 Å². The maximum Gasteiger partial charge on any atom is 0.235 e. The van der Waals surface area contributed by atoms with Crippen LogP contribution in [0.2, 0.25) is 0 Å². The summed E-state index contributed by atoms with van der Waals surface area (Å²) in [6.45, 7) is 5.34. The second kappa shape index (κ2) is 6.00. The summed E-state index contributed by atoms with van der Waals surface area (Å²) < 4.78 is 22.7. The molecule has 0 saturated carbocycles. The Labute approximate surface area is 108 Å². The van der Waals surface area contributed by atoms with Crippen LogP contribution in [0.15, 0.2) is 24.3 Å². The van der Waals surface area contributed by atoms with Crippen molar-refractivity contribution >= 4 is 15.7 Å². The Morgan fingerprint density at radius 1 is 1.33 bits per heavy atom. The molecule has 100 valence electrons. The first kappa shape index (κ1) is 14.7. The molecule has 0 bridgehead atoms. The average molecular weight is 269 g/mol. The van der Waals surface area contributed by atoms with Crippen molar-refractivity contribution in [2.45, 2.75) is 26.8 Å². The van der Waals surface area contributed by atoms with E-state index in [-0.39, 0.29) is 11.8 Å². The molecule has 1 aromatic carbocycles. The molecule has 5 heteroatoms. The van der Waals surface area contributed by atoms with Crippen LogP contribution >= 0.6 is 0 Å². The molecule has 0 saturated heterocycles. The lowest BCUT2D eigenvalue weighted by molar-refractivity contribution is -0.119. The van der Waals surface area contributed by atoms with Crippen molar-refractivity contribution in [1.82, 2.24) is 5.32 Å². The number of aryl methyl sites for hydroxylation is 1. The van der Waals surface area contributed by atoms with E-state index >= 15 is 0 Å². The van der Waals surface area contributed by atoms with E-state index in [0.717, 1.165) is 11.1 Å². The summed E-state index contributed by atoms with van der Waals surface area (Å²) in [4.78, 5) is 11.6. The predicted octanol–water partition coefficient (Wildman–Crippen LogP) is 1.61. The molecular weight excluding hydrogens is 250 g/mol. The molecule has 0 aromatic heterocycles. The number of hydrogen-bond donors (Lipinski definition) is 1. The average Bonchev–Trinajstić information content (AvgIpc) is 2.28. The minimum absolute atomic E-state index is 0.0147. The fourth-order valence-corrected chi connectivity index (χ4v) is 2.42. The first-order chi connectivity index (χ1) is 8.35. The van der Waals surface area contributed by atoms with Gasteiger partial charge in [0.2, 0.25) is 5.91 Å². The van der Waals surface area contributed by atoms with Gasteiger partial charge < -0.3 is 5.32 Å². The Balaban J connectivity index is 2.69. The fraction of sp³-hybridized carbons (Fsp3) is 0.462. The summed E-state index contributed by atoms with van der Waals surface area (Å²) in [6.07, 6.45) is 0. The largest absolute Gasteiger partial charge is 0.349 e. The van der Waals surface area contributed by atoms with Crippen LogP contribution in [-0.2, 0) is 14.6 Å². The molecule has 18 heavy (non-hydrogen) atoms. The molecule has 1 atom stereocenters. The molecule has 0 aliphatic carbocycles. The minimum Gasteiger partial charge on any atom is -0.349 e. The highest BCUT2D eigenvalue weighted by Crippen LogP contribution is 2.16. The van der Waals surface area contributed by atoms with Crippen LogP contribution in [0.5, 0.6) is 0 Å². The fourth-order valence-electron chi connectivity index (χ4n) is 1.74. The Hall–Kier alpha value is -1.36. The number of hydrogen-bond acceptors (Lipinski definition) is 3. The molecule has 0 spiro atoms. The van der Waals surface area contributed by atoms with E-state index in [4.69, 9.17) is 0 Å². The molecule has 1 rings (SSSR count). The highest BCUT2D eigenvalue weighted by molar-refractivity contribution is 7.92. The SMILES string of the molecule is CCS(=O)(=O)CC(=O)N[C@H](C)c1ccccc1C. The van der Waals surface area contributed by atoms with Crippen LogP contribution < -0.4 is 5.32 Å². The number of sulfone groups is 1. The van der Waals surface area contributed by atoms with Gasteiger partial charge in [0.1, 0.15) is 5.75 Å². The Bertz CT molecular complexity index is 523. The third-order valence-electron chi connectivity index (χ3n) is 2.82. The van der Waals surface area contributed by atoms with E-state index in [2.05, 4.69) is 5.32 Å². The van der Waals surface area contributed by atoms with Gasteiger partial charge in [-0.1, -0.05) is 31.2 Å². The zero-order valence-corrected chi connectivity index (χ0v) is 11.8. The van der Waals surface area contributed by atoms with E-state index in [1.807, 2.05) is 38.1 Å². The first-order valence-electron chi connectivity index (χ1n) is 5.91. The van der Waals surface area contributed by atoms with E-state index in [9.17, 15) is 13.2 Å². The molecule has 0 unspecified atom stereocenters. The van der Waals surface area contributed by atoms with Crippen LogP contribution in [0.1, 0.15) is 31.0 Å². The van der Waals surface area contributed by atoms with Gasteiger partial charge in [0, 0.05) is 5.75 Å². The predicted molar refractivity (Wildman–Crippen MR) is 72.1 cm³/mol. The summed E-state index contributed by atoms with van der Waals surface area (Å²) >= 11 is 0. The third-order valence-corrected chi connectivity index (χ3v) is 4.40. The molecule has 0 aliphatic rings. The highest BCUT2D eigenvalue weighted by Gasteiger charge is 2.17. The second-order valence-electron chi connectivity index (χ2n) is 4.32. The standard InChI is InChI=1S/C13H19NO3S/c1-4-18(16,17)9-13(15)14-11(3)12-8-6-5-7-10(12)2/h5-8,11H,4,9H2,1-3H3,(H,14,15)/t11-/m1/s1. The van der Waals surface area contributed by atoms with Crippen LogP contribution in [0.4, 0.5) is 0 Å². The maximum atomic E-state index is 11.6. The molecule has 1 amide bonds. The van der Waals surface area contributed by atoms with E-state index in [0.29, 0.717) is 0 Å². The van der Waals surface area contributed by atoms with Crippen molar-refractivity contribution in [1.29, 1.82) is 0 Å². The van der Waals surface area contributed by atoms with Gasteiger partial charge in [-0.15, -0.1) is 0 Å². The number of carbonyl (C=O) groups excluding carboxylic acids is 1. The van der Waals surface area contributed by atoms with E-state index in [1.54, 1.807) is 0 Å². The molecule has 1 N–H and O–H groups in total. The van der Waals surface area contributed by atoms with Gasteiger partial charge in [0.05, 0.1) is 6.04 Å². The minimum atomic E-state index is -3.27. The summed E-state index contributed by atoms with van der Waals surface area (Å²) in [6, 6.07) is 7.52. The van der Waals surface area contributed by atoms with Gasteiger partial charge in [-0.3, -0.25) is 4.79 Å². The molecule has 1 aromatic rings. The van der Waals surface area contributed by atoms with Crippen molar-refractivity contribution in [3.63, 3.8) is 0 Å². The zero-order chi connectivity index (χ0) is 13.8. The van der Waals surface area contributed by atoms with Crippen molar-refractivity contribution in [2.75, 3.05) is 11.5 Å². The van der Waals surface area contributed by atoms with Gasteiger partial charge in [-0.05, 0) is 25.0 Å². The first-order valence-corrected chi connectivity index (χ1v) is 7.73. The van der Waals surface area contributed by atoms with Gasteiger partial charge in [-0.2, -0.15) is 0 Å². The van der Waals surface area contributed by atoms with Crippen molar-refractivity contribution < 1.29 is 13.2 Å². The maximum absolute atomic E-state index is 11.6. The molecule has 4 nitrogen and oxygen atoms in total. The topological polar surface area (TPSA) is 63.2 Å². The van der Waals surface area contributed by atoms with Gasteiger partial charge in [-0.25, -0.2) is 8.42 Å². The second-order valence-corrected chi connectivity index (χ2v) is 6.68. The lowest BCUT2D eigenvalue weighted by atomic mass is 10.0. The summed E-state index contributed by atoms with van der Waals surface area (Å²) in [5.41, 5.74) is 2.07. The highest BCUT2D eigenvalue weighted by atomic mass is 32.2. The zero-order valence-electron chi connectivity index (χ0n) is 10.9. The summed E-state index contributed by atoms with van der Waals surface area (Å²) in [7, 11) is -3.27. The van der Waals surface area contributed by atoms with Crippen molar-refractivity contribution in [3.8, 4) is 0 Å². The van der Waals surface area contributed by atoms with Gasteiger partial charge >= 0.3 is 0 Å². The van der Waals surface area contributed by atoms with E-state index in [1.165, 1.54) is 6.92 Å². The molecule has 0 radical (unpaired) electrons. The Morgan fingerprint density at radius 2 is 1.94 bits per heavy atom. The summed E-state index contributed by atoms with van der Waals surface area (Å²) in [5.74, 6) is -0.911. The smallest absolute Gasteiger partial charge is 0.235 e. The lowest BCUT2D eigenvalue weighted by Gasteiger charge is -2.16. The summed E-state index contributed by atoms with van der Waals surface area (Å²) in [5, 5.41) is 2.71. The molecular formula is C13H19NO3S. The Kier molecular flexibility index (Phi) is 4.90. The lowest BCUT2D eigenvalue weighted by Crippen LogP contribution is -2.33. The Morgan fingerprint density at radius 3 is 2.50 bits per heavy atom. The molecule has 0 fully saturated rings. The normalized spacial score (nSPS) is 13.1. The third kappa shape index (κ3) is 4.14. The van der Waals surface area contributed by atoms with Crippen LogP contribution in [0.25, 0.3) is 0 Å². The van der Waals surface area contributed by atoms with Gasteiger partial charge in [0.15, 0.2) is 9.84 Å². The van der Waals surface area contributed by atoms with Crippen molar-refractivity contribution in [2.24, 2.45) is 0 Å². The quantitative estimate of drug-likeness (QED) is 0.883. The van der Waals surface area contributed by atoms with Crippen LogP contribution in [0.3, 0.4) is 0 Å².